The van der Waals surface area contributed by atoms with Gasteiger partial charge in [0.1, 0.15) is 0 Å². The van der Waals surface area contributed by atoms with Gasteiger partial charge in [0.25, 0.3) is 0 Å². The molecule has 0 fully saturated rings. The van der Waals surface area contributed by atoms with Crippen LogP contribution in [0.15, 0.2) is 152 Å². The van der Waals surface area contributed by atoms with E-state index in [9.17, 15) is 0 Å². The summed E-state index contributed by atoms with van der Waals surface area (Å²) in [4.78, 5) is 0. The third-order valence-corrected chi connectivity index (χ3v) is 9.91. The van der Waals surface area contributed by atoms with Crippen molar-refractivity contribution in [3.63, 3.8) is 0 Å². The summed E-state index contributed by atoms with van der Waals surface area (Å²) in [6, 6.07) is 43.5. The van der Waals surface area contributed by atoms with E-state index in [0.29, 0.717) is 0 Å². The first kappa shape index (κ1) is 31.3. The Morgan fingerprint density at radius 2 is 1.42 bits per heavy atom. The monoisotopic (exact) mass is 647 g/mol. The number of fused-ring (bicyclic) bond motifs is 3. The molecule has 0 spiro atoms. The van der Waals surface area contributed by atoms with Gasteiger partial charge < -0.3 is 15.3 Å². The van der Waals surface area contributed by atoms with E-state index in [1.54, 1.807) is 0 Å². The predicted octanol–water partition coefficient (Wildman–Crippen LogP) is 12.5. The molecule has 0 amide bonds. The summed E-state index contributed by atoms with van der Waals surface area (Å²) in [5.74, 6) is 0. The topological polar surface area (TPSA) is 40.8 Å². The zero-order valence-electron chi connectivity index (χ0n) is 28.3. The smallest absolute Gasteiger partial charge is 0.0597 e. The molecule has 0 unspecified atom stereocenters. The highest BCUT2D eigenvalue weighted by Crippen LogP contribution is 2.38. The highest BCUT2D eigenvalue weighted by Gasteiger charge is 2.20. The van der Waals surface area contributed by atoms with Crippen molar-refractivity contribution in [1.29, 1.82) is 5.41 Å². The third-order valence-electron chi connectivity index (χ3n) is 9.91. The molecule has 2 N–H and O–H groups in total. The molecule has 0 radical (unpaired) electrons. The maximum absolute atomic E-state index is 8.48. The third kappa shape index (κ3) is 6.43. The number of hydrogen-bond acceptors (Lipinski definition) is 2. The molecule has 3 nitrogen and oxygen atoms in total. The molecular formula is C47H41N3. The van der Waals surface area contributed by atoms with Gasteiger partial charge >= 0.3 is 0 Å². The molecule has 5 aromatic carbocycles. The van der Waals surface area contributed by atoms with Crippen LogP contribution in [-0.2, 0) is 12.8 Å². The summed E-state index contributed by atoms with van der Waals surface area (Å²) in [7, 11) is 0. The van der Waals surface area contributed by atoms with E-state index in [1.807, 2.05) is 6.07 Å². The molecule has 3 heteroatoms. The van der Waals surface area contributed by atoms with Gasteiger partial charge in [-0.05, 0) is 120 Å². The molecule has 244 valence electrons. The molecule has 0 aliphatic heterocycles. The second kappa shape index (κ2) is 14.3. The minimum absolute atomic E-state index is 0.863. The van der Waals surface area contributed by atoms with Crippen LogP contribution in [0.3, 0.4) is 0 Å². The van der Waals surface area contributed by atoms with Gasteiger partial charge in [0, 0.05) is 34.2 Å². The minimum atomic E-state index is 0.863. The second-order valence-electron chi connectivity index (χ2n) is 13.1. The number of benzene rings is 5. The number of rotatable bonds is 10. The number of nitrogens with zero attached hydrogens (tertiary/aromatic N) is 1. The lowest BCUT2D eigenvalue weighted by Gasteiger charge is -2.17. The van der Waals surface area contributed by atoms with Crippen molar-refractivity contribution in [2.75, 3.05) is 5.32 Å². The summed E-state index contributed by atoms with van der Waals surface area (Å²) in [6.45, 7) is 0. The number of hydrogen-bond donors (Lipinski definition) is 2. The van der Waals surface area contributed by atoms with Crippen LogP contribution in [0.4, 0.5) is 11.4 Å². The van der Waals surface area contributed by atoms with Crippen molar-refractivity contribution >= 4 is 45.8 Å². The maximum Gasteiger partial charge on any atom is 0.0597 e. The summed E-state index contributed by atoms with van der Waals surface area (Å²) in [5, 5.41) is 13.4. The molecule has 0 bridgehead atoms. The van der Waals surface area contributed by atoms with Crippen molar-refractivity contribution in [2.45, 2.75) is 38.5 Å². The SMILES string of the molecule is N=C/C(=C\CCc1ccc(-c2ccccc2)cc1)n1c2c(c3cc(-c4ccc(Nc5ccccc5)c(C5=CCCC=C5)c4)ccc31)CCC=C2. The van der Waals surface area contributed by atoms with E-state index in [4.69, 9.17) is 5.41 Å². The second-order valence-corrected chi connectivity index (χ2v) is 13.1. The van der Waals surface area contributed by atoms with Crippen molar-refractivity contribution < 1.29 is 0 Å². The number of para-hydroxylation sites is 1. The number of anilines is 2. The Labute approximate surface area is 295 Å². The van der Waals surface area contributed by atoms with Gasteiger partial charge in [0.15, 0.2) is 0 Å². The maximum atomic E-state index is 8.48. The molecule has 0 atom stereocenters. The van der Waals surface area contributed by atoms with Crippen molar-refractivity contribution in [3.8, 4) is 22.3 Å². The minimum Gasteiger partial charge on any atom is -0.355 e. The van der Waals surface area contributed by atoms with Gasteiger partial charge in [0.05, 0.1) is 11.2 Å². The fourth-order valence-electron chi connectivity index (χ4n) is 7.35. The van der Waals surface area contributed by atoms with E-state index >= 15 is 0 Å². The average molecular weight is 648 g/mol. The average Bonchev–Trinajstić information content (AvgIpc) is 3.51. The molecular weight excluding hydrogens is 607 g/mol. The molecule has 1 heterocycles. The zero-order chi connectivity index (χ0) is 33.7. The lowest BCUT2D eigenvalue weighted by Crippen LogP contribution is -2.03. The van der Waals surface area contributed by atoms with Crippen LogP contribution in [0.1, 0.15) is 48.1 Å². The summed E-state index contributed by atoms with van der Waals surface area (Å²) in [6.07, 6.45) is 21.1. The molecule has 0 saturated carbocycles. The largest absolute Gasteiger partial charge is 0.355 e. The van der Waals surface area contributed by atoms with E-state index in [0.717, 1.165) is 61.1 Å². The van der Waals surface area contributed by atoms with Gasteiger partial charge in [-0.1, -0.05) is 115 Å². The number of aryl methyl sites for hydroxylation is 2. The molecule has 2 aliphatic carbocycles. The van der Waals surface area contributed by atoms with Crippen molar-refractivity contribution in [1.82, 2.24) is 4.57 Å². The zero-order valence-corrected chi connectivity index (χ0v) is 28.3. The Morgan fingerprint density at radius 1 is 0.700 bits per heavy atom. The molecule has 50 heavy (non-hydrogen) atoms. The van der Waals surface area contributed by atoms with Gasteiger partial charge in [-0.25, -0.2) is 0 Å². The van der Waals surface area contributed by atoms with E-state index in [1.165, 1.54) is 61.8 Å². The lowest BCUT2D eigenvalue weighted by atomic mass is 9.93. The van der Waals surface area contributed by atoms with Gasteiger partial charge in [-0.3, -0.25) is 0 Å². The van der Waals surface area contributed by atoms with Crippen LogP contribution < -0.4 is 5.32 Å². The number of aromatic nitrogens is 1. The van der Waals surface area contributed by atoms with E-state index in [-0.39, 0.29) is 0 Å². The molecule has 0 saturated heterocycles. The van der Waals surface area contributed by atoms with Crippen LogP contribution in [-0.4, -0.2) is 10.8 Å². The Bertz CT molecular complexity index is 2280. The predicted molar refractivity (Wildman–Crippen MR) is 214 cm³/mol. The number of nitrogens with one attached hydrogen (secondary N) is 2. The Kier molecular flexibility index (Phi) is 8.95. The van der Waals surface area contributed by atoms with Crippen LogP contribution in [0.5, 0.6) is 0 Å². The summed E-state index contributed by atoms with van der Waals surface area (Å²) < 4.78 is 2.30. The highest BCUT2D eigenvalue weighted by atomic mass is 15.0. The first-order valence-electron chi connectivity index (χ1n) is 17.8. The Balaban J connectivity index is 1.11. The first-order valence-corrected chi connectivity index (χ1v) is 17.8. The van der Waals surface area contributed by atoms with Gasteiger partial charge in [0.2, 0.25) is 0 Å². The van der Waals surface area contributed by atoms with Crippen LogP contribution in [0, 0.1) is 5.41 Å². The first-order chi connectivity index (χ1) is 24.7. The van der Waals surface area contributed by atoms with Crippen molar-refractivity contribution in [2.24, 2.45) is 0 Å². The molecule has 1 aromatic heterocycles. The Morgan fingerprint density at radius 3 is 2.20 bits per heavy atom. The molecule has 8 rings (SSSR count). The van der Waals surface area contributed by atoms with Crippen LogP contribution in [0.25, 0.3) is 50.5 Å². The van der Waals surface area contributed by atoms with Crippen molar-refractivity contribution in [3.05, 3.63) is 174 Å². The fourth-order valence-corrected chi connectivity index (χ4v) is 7.35. The summed E-state index contributed by atoms with van der Waals surface area (Å²) in [5.41, 5.74) is 15.5. The number of allylic oxidation sites excluding steroid dienone is 7. The molecule has 2 aliphatic rings. The van der Waals surface area contributed by atoms with Gasteiger partial charge in [-0.15, -0.1) is 0 Å². The van der Waals surface area contributed by atoms with E-state index in [2.05, 4.69) is 162 Å². The van der Waals surface area contributed by atoms with Crippen LogP contribution in [0.2, 0.25) is 0 Å². The lowest BCUT2D eigenvalue weighted by molar-refractivity contribution is 0.967. The quantitative estimate of drug-likeness (QED) is 0.143. The van der Waals surface area contributed by atoms with Gasteiger partial charge in [-0.2, -0.15) is 0 Å². The summed E-state index contributed by atoms with van der Waals surface area (Å²) >= 11 is 0. The van der Waals surface area contributed by atoms with E-state index < -0.39 is 0 Å². The fraction of sp³-hybridized carbons (Fsp3) is 0.128. The normalized spacial score (nSPS) is 14.0. The standard InChI is InChI=1S/C47H41N3/c48-33-41(20-12-13-34-23-25-36(26-24-34)35-14-4-1-5-15-35)50-46-22-11-10-21-42(46)44-32-39(28-30-47(44)50)38-27-29-45(49-40-18-8-3-9-19-40)43(31-38)37-16-6-2-7-17-37/h1,3-6,8-9,11,14-20,22-33,48-49H,2,7,10,12-13,21H2/b41-20+,48-33?. The van der Waals surface area contributed by atoms with Crippen LogP contribution >= 0.6 is 0 Å². The Hall–Kier alpha value is -5.93. The highest BCUT2D eigenvalue weighted by molar-refractivity contribution is 6.06. The molecule has 6 aromatic rings.